The summed E-state index contributed by atoms with van der Waals surface area (Å²) in [6.07, 6.45) is 0.690. The number of likely N-dealkylation sites (N-methyl/N-ethyl adjacent to an activating group) is 1. The van der Waals surface area contributed by atoms with Crippen LogP contribution in [0.15, 0.2) is 35.3 Å². The van der Waals surface area contributed by atoms with Gasteiger partial charge >= 0.3 is 0 Å². The smallest absolute Gasteiger partial charge is 0.243 e. The second-order valence-corrected chi connectivity index (χ2v) is 6.74. The number of ether oxygens (including phenoxy) is 2. The average Bonchev–Trinajstić information content (AvgIpc) is 3.06. The third-order valence-electron chi connectivity index (χ3n) is 4.29. The van der Waals surface area contributed by atoms with Crippen LogP contribution in [0.4, 0.5) is 0 Å². The fourth-order valence-corrected chi connectivity index (χ4v) is 2.58. The number of hydrogen-bond donors (Lipinski definition) is 2. The number of nitrogens with one attached hydrogen (secondary N) is 2. The second kappa shape index (κ2) is 11.5. The summed E-state index contributed by atoms with van der Waals surface area (Å²) in [5, 5.41) is 6.63. The molecule has 0 aliphatic carbocycles. The van der Waals surface area contributed by atoms with Gasteiger partial charge < -0.3 is 25.0 Å². The normalized spacial score (nSPS) is 17.0. The summed E-state index contributed by atoms with van der Waals surface area (Å²) in [5.74, 6) is -0.00571. The number of benzene rings is 1. The predicted octanol–water partition coefficient (Wildman–Crippen LogP) is 2.14. The first-order chi connectivity index (χ1) is 12.4. The Morgan fingerprint density at radius 1 is 1.26 bits per heavy atom. The molecule has 8 heteroatoms. The van der Waals surface area contributed by atoms with Gasteiger partial charge in [-0.15, -0.1) is 24.0 Å². The van der Waals surface area contributed by atoms with E-state index >= 15 is 0 Å². The van der Waals surface area contributed by atoms with Crippen LogP contribution in [0.5, 0.6) is 0 Å². The van der Waals surface area contributed by atoms with Gasteiger partial charge in [-0.05, 0) is 19.4 Å². The van der Waals surface area contributed by atoms with E-state index in [1.54, 1.807) is 14.1 Å². The summed E-state index contributed by atoms with van der Waals surface area (Å²) in [6, 6.07) is 10.2. The molecule has 152 valence electrons. The SMILES string of the molecule is CC(NC(=NCC(=O)N(C)C)NCCC1(C)OCCO1)c1ccccc1.I. The zero-order valence-corrected chi connectivity index (χ0v) is 18.9. The van der Waals surface area contributed by atoms with Crippen LogP contribution in [0.25, 0.3) is 0 Å². The first-order valence-electron chi connectivity index (χ1n) is 8.97. The monoisotopic (exact) mass is 490 g/mol. The van der Waals surface area contributed by atoms with Gasteiger partial charge in [0.2, 0.25) is 5.91 Å². The molecule has 2 N–H and O–H groups in total. The highest BCUT2D eigenvalue weighted by molar-refractivity contribution is 14.0. The molecule has 1 atom stereocenters. The summed E-state index contributed by atoms with van der Waals surface area (Å²) in [4.78, 5) is 17.8. The van der Waals surface area contributed by atoms with Crippen molar-refractivity contribution in [3.05, 3.63) is 35.9 Å². The van der Waals surface area contributed by atoms with Gasteiger partial charge in [-0.3, -0.25) is 4.79 Å². The Bertz CT molecular complexity index is 604. The van der Waals surface area contributed by atoms with Crippen LogP contribution < -0.4 is 10.6 Å². The van der Waals surface area contributed by atoms with Crippen molar-refractivity contribution in [3.63, 3.8) is 0 Å². The molecular formula is C19H31IN4O3. The zero-order valence-electron chi connectivity index (χ0n) is 16.5. The lowest BCUT2D eigenvalue weighted by Crippen LogP contribution is -2.42. The van der Waals surface area contributed by atoms with Crippen molar-refractivity contribution in [2.24, 2.45) is 4.99 Å². The molecule has 1 aliphatic heterocycles. The van der Waals surface area contributed by atoms with E-state index in [1.165, 1.54) is 4.90 Å². The van der Waals surface area contributed by atoms with Crippen molar-refractivity contribution in [2.45, 2.75) is 32.1 Å². The number of carbonyl (C=O) groups is 1. The number of halogens is 1. The number of amides is 1. The quantitative estimate of drug-likeness (QED) is 0.348. The Kier molecular flexibility index (Phi) is 10.0. The van der Waals surface area contributed by atoms with Crippen molar-refractivity contribution >= 4 is 35.8 Å². The van der Waals surface area contributed by atoms with Gasteiger partial charge in [0.25, 0.3) is 0 Å². The van der Waals surface area contributed by atoms with Crippen LogP contribution in [0.2, 0.25) is 0 Å². The lowest BCUT2D eigenvalue weighted by atomic mass is 10.1. The Morgan fingerprint density at radius 3 is 2.48 bits per heavy atom. The van der Waals surface area contributed by atoms with Crippen molar-refractivity contribution in [1.29, 1.82) is 0 Å². The molecule has 1 saturated heterocycles. The maximum Gasteiger partial charge on any atom is 0.243 e. The predicted molar refractivity (Wildman–Crippen MR) is 117 cm³/mol. The summed E-state index contributed by atoms with van der Waals surface area (Å²) < 4.78 is 11.2. The van der Waals surface area contributed by atoms with Gasteiger partial charge in [0.1, 0.15) is 6.54 Å². The van der Waals surface area contributed by atoms with Crippen LogP contribution in [0, 0.1) is 0 Å². The molecule has 1 amide bonds. The molecule has 2 rings (SSSR count). The van der Waals surface area contributed by atoms with Crippen LogP contribution in [-0.4, -0.2) is 63.0 Å². The van der Waals surface area contributed by atoms with E-state index < -0.39 is 5.79 Å². The number of hydrogen-bond acceptors (Lipinski definition) is 4. The fraction of sp³-hybridized carbons (Fsp3) is 0.579. The molecule has 7 nitrogen and oxygen atoms in total. The van der Waals surface area contributed by atoms with Gasteiger partial charge in [0.05, 0.1) is 19.3 Å². The van der Waals surface area contributed by atoms with Gasteiger partial charge in [-0.1, -0.05) is 30.3 Å². The summed E-state index contributed by atoms with van der Waals surface area (Å²) in [6.45, 7) is 5.96. The molecule has 1 aromatic carbocycles. The molecule has 1 aromatic rings. The van der Waals surface area contributed by atoms with Crippen LogP contribution >= 0.6 is 24.0 Å². The Hall–Kier alpha value is -1.39. The number of guanidine groups is 1. The Morgan fingerprint density at radius 2 is 1.89 bits per heavy atom. The first kappa shape index (κ1) is 23.6. The second-order valence-electron chi connectivity index (χ2n) is 6.74. The average molecular weight is 490 g/mol. The minimum absolute atomic E-state index is 0. The summed E-state index contributed by atoms with van der Waals surface area (Å²) in [7, 11) is 3.45. The van der Waals surface area contributed by atoms with E-state index in [9.17, 15) is 4.79 Å². The molecule has 0 bridgehead atoms. The fourth-order valence-electron chi connectivity index (χ4n) is 2.58. The molecular weight excluding hydrogens is 459 g/mol. The minimum Gasteiger partial charge on any atom is -0.356 e. The van der Waals surface area contributed by atoms with E-state index in [0.29, 0.717) is 32.1 Å². The molecule has 0 radical (unpaired) electrons. The minimum atomic E-state index is -0.553. The maximum absolute atomic E-state index is 11.9. The molecule has 1 heterocycles. The third-order valence-corrected chi connectivity index (χ3v) is 4.29. The Balaban J connectivity index is 0.00000364. The van der Waals surface area contributed by atoms with Crippen molar-refractivity contribution in [3.8, 4) is 0 Å². The van der Waals surface area contributed by atoms with Crippen molar-refractivity contribution < 1.29 is 14.3 Å². The first-order valence-corrected chi connectivity index (χ1v) is 8.97. The van der Waals surface area contributed by atoms with Gasteiger partial charge in [-0.2, -0.15) is 0 Å². The van der Waals surface area contributed by atoms with Crippen molar-refractivity contribution in [1.82, 2.24) is 15.5 Å². The Labute approximate surface area is 178 Å². The highest BCUT2D eigenvalue weighted by atomic mass is 127. The largest absolute Gasteiger partial charge is 0.356 e. The highest BCUT2D eigenvalue weighted by Gasteiger charge is 2.30. The van der Waals surface area contributed by atoms with E-state index in [-0.39, 0.29) is 42.5 Å². The van der Waals surface area contributed by atoms with Crippen LogP contribution in [-0.2, 0) is 14.3 Å². The van der Waals surface area contributed by atoms with Gasteiger partial charge in [0, 0.05) is 27.1 Å². The van der Waals surface area contributed by atoms with E-state index in [4.69, 9.17) is 9.47 Å². The van der Waals surface area contributed by atoms with Crippen molar-refractivity contribution in [2.75, 3.05) is 40.4 Å². The lowest BCUT2D eigenvalue weighted by molar-refractivity contribution is -0.145. The van der Waals surface area contributed by atoms with E-state index in [1.807, 2.05) is 25.1 Å². The number of rotatable bonds is 7. The van der Waals surface area contributed by atoms with Crippen LogP contribution in [0.3, 0.4) is 0 Å². The molecule has 0 saturated carbocycles. The lowest BCUT2D eigenvalue weighted by Gasteiger charge is -2.24. The van der Waals surface area contributed by atoms with Crippen LogP contribution in [0.1, 0.15) is 31.9 Å². The van der Waals surface area contributed by atoms with E-state index in [2.05, 4.69) is 34.7 Å². The third kappa shape index (κ3) is 8.02. The molecule has 1 aliphatic rings. The number of aliphatic imine (C=N–C) groups is 1. The molecule has 27 heavy (non-hydrogen) atoms. The molecule has 1 fully saturated rings. The van der Waals surface area contributed by atoms with E-state index in [0.717, 1.165) is 5.56 Å². The topological polar surface area (TPSA) is 75.2 Å². The zero-order chi connectivity index (χ0) is 19.0. The summed E-state index contributed by atoms with van der Waals surface area (Å²) >= 11 is 0. The molecule has 0 spiro atoms. The molecule has 1 unspecified atom stereocenters. The van der Waals surface area contributed by atoms with Gasteiger partial charge in [-0.25, -0.2) is 4.99 Å². The standard InChI is InChI=1S/C19H30N4O3.HI/c1-15(16-8-6-5-7-9-16)22-18(21-14-17(24)23(3)4)20-11-10-19(2)25-12-13-26-19;/h5-9,15H,10-14H2,1-4H3,(H2,20,21,22);1H. The number of carbonyl (C=O) groups excluding carboxylic acids is 1. The number of nitrogens with zero attached hydrogens (tertiary/aromatic N) is 2. The molecule has 0 aromatic heterocycles. The highest BCUT2D eigenvalue weighted by Crippen LogP contribution is 2.21. The van der Waals surface area contributed by atoms with Gasteiger partial charge in [0.15, 0.2) is 11.7 Å². The summed E-state index contributed by atoms with van der Waals surface area (Å²) in [5.41, 5.74) is 1.15. The maximum atomic E-state index is 11.9.